The number of rotatable bonds is 7. The molecule has 1 unspecified atom stereocenters. The van der Waals surface area contributed by atoms with Crippen LogP contribution in [-0.2, 0) is 9.53 Å². The van der Waals surface area contributed by atoms with Crippen molar-refractivity contribution >= 4 is 5.97 Å². The lowest BCUT2D eigenvalue weighted by Crippen LogP contribution is -2.36. The van der Waals surface area contributed by atoms with Crippen molar-refractivity contribution in [1.29, 1.82) is 0 Å². The molecule has 0 bridgehead atoms. The number of carbonyl (C=O) groups is 1. The lowest BCUT2D eigenvalue weighted by molar-refractivity contribution is -0.141. The lowest BCUT2D eigenvalue weighted by atomic mass is 10.2. The maximum absolute atomic E-state index is 10.9. The van der Waals surface area contributed by atoms with E-state index in [0.29, 0.717) is 19.0 Å². The Balaban J connectivity index is 3.83. The monoisotopic (exact) mass is 202 g/mol. The van der Waals surface area contributed by atoms with Crippen molar-refractivity contribution < 1.29 is 9.53 Å². The molecule has 1 atom stereocenters. The van der Waals surface area contributed by atoms with Gasteiger partial charge in [0, 0.05) is 12.6 Å². The minimum absolute atomic E-state index is 0.150. The number of hydrogen-bond acceptors (Lipinski definition) is 4. The van der Waals surface area contributed by atoms with Gasteiger partial charge < -0.3 is 15.4 Å². The second-order valence-electron chi connectivity index (χ2n) is 3.38. The number of esters is 1. The van der Waals surface area contributed by atoms with Gasteiger partial charge in [-0.25, -0.2) is 0 Å². The number of nitrogens with zero attached hydrogens (tertiary/aromatic N) is 1. The molecule has 0 rings (SSSR count). The van der Waals surface area contributed by atoms with Crippen molar-refractivity contribution in [2.45, 2.75) is 32.7 Å². The zero-order valence-corrected chi connectivity index (χ0v) is 9.45. The third-order valence-electron chi connectivity index (χ3n) is 2.44. The molecule has 0 saturated carbocycles. The Kier molecular flexibility index (Phi) is 7.42. The molecule has 84 valence electrons. The minimum Gasteiger partial charge on any atom is -0.469 e. The van der Waals surface area contributed by atoms with Gasteiger partial charge in [-0.2, -0.15) is 0 Å². The van der Waals surface area contributed by atoms with Gasteiger partial charge in [0.2, 0.25) is 0 Å². The average Bonchev–Trinajstić information content (AvgIpc) is 2.18. The van der Waals surface area contributed by atoms with Crippen LogP contribution in [-0.4, -0.2) is 43.7 Å². The van der Waals surface area contributed by atoms with E-state index in [9.17, 15) is 4.79 Å². The molecule has 0 saturated heterocycles. The van der Waals surface area contributed by atoms with E-state index in [1.807, 2.05) is 0 Å². The molecule has 0 fully saturated rings. The van der Waals surface area contributed by atoms with E-state index >= 15 is 0 Å². The largest absolute Gasteiger partial charge is 0.469 e. The van der Waals surface area contributed by atoms with Gasteiger partial charge in [-0.05, 0) is 26.4 Å². The first-order valence-electron chi connectivity index (χ1n) is 5.16. The molecule has 0 aliphatic rings. The second-order valence-corrected chi connectivity index (χ2v) is 3.38. The summed E-state index contributed by atoms with van der Waals surface area (Å²) in [6, 6.07) is 0.439. The Morgan fingerprint density at radius 3 is 2.64 bits per heavy atom. The van der Waals surface area contributed by atoms with Gasteiger partial charge in [-0.1, -0.05) is 6.92 Å². The molecule has 0 amide bonds. The first kappa shape index (κ1) is 13.4. The highest BCUT2D eigenvalue weighted by Gasteiger charge is 2.12. The number of methoxy groups -OCH3 is 1. The van der Waals surface area contributed by atoms with E-state index < -0.39 is 0 Å². The molecular formula is C10H22N2O2. The normalized spacial score (nSPS) is 12.9. The molecule has 0 aromatic rings. The van der Waals surface area contributed by atoms with Crippen molar-refractivity contribution in [1.82, 2.24) is 4.90 Å². The van der Waals surface area contributed by atoms with Gasteiger partial charge in [-0.3, -0.25) is 4.79 Å². The van der Waals surface area contributed by atoms with Gasteiger partial charge in [0.1, 0.15) is 0 Å². The molecule has 14 heavy (non-hydrogen) atoms. The Hall–Kier alpha value is -0.610. The summed E-state index contributed by atoms with van der Waals surface area (Å²) in [5.74, 6) is -0.150. The van der Waals surface area contributed by atoms with Crippen molar-refractivity contribution in [3.63, 3.8) is 0 Å². The average molecular weight is 202 g/mol. The molecule has 0 aliphatic carbocycles. The van der Waals surface area contributed by atoms with E-state index in [2.05, 4.69) is 23.5 Å². The molecule has 0 aromatic carbocycles. The number of hydrogen-bond donors (Lipinski definition) is 1. The maximum atomic E-state index is 10.9. The zero-order chi connectivity index (χ0) is 11.0. The SMILES string of the molecule is CCN(CCC(=O)OC)C(C)CCN. The summed E-state index contributed by atoms with van der Waals surface area (Å²) in [5.41, 5.74) is 5.49. The molecular weight excluding hydrogens is 180 g/mol. The van der Waals surface area contributed by atoms with E-state index in [-0.39, 0.29) is 5.97 Å². The fourth-order valence-corrected chi connectivity index (χ4v) is 1.45. The van der Waals surface area contributed by atoms with Crippen LogP contribution in [0.3, 0.4) is 0 Å². The van der Waals surface area contributed by atoms with Gasteiger partial charge in [0.25, 0.3) is 0 Å². The molecule has 0 spiro atoms. The number of nitrogens with two attached hydrogens (primary N) is 1. The summed E-state index contributed by atoms with van der Waals surface area (Å²) in [7, 11) is 1.42. The lowest BCUT2D eigenvalue weighted by Gasteiger charge is -2.26. The third-order valence-corrected chi connectivity index (χ3v) is 2.44. The Morgan fingerprint density at radius 1 is 1.57 bits per heavy atom. The highest BCUT2D eigenvalue weighted by molar-refractivity contribution is 5.69. The van der Waals surface area contributed by atoms with Crippen LogP contribution in [0.4, 0.5) is 0 Å². The third kappa shape index (κ3) is 5.19. The smallest absolute Gasteiger partial charge is 0.306 e. The van der Waals surface area contributed by atoms with Crippen molar-refractivity contribution in [3.05, 3.63) is 0 Å². The van der Waals surface area contributed by atoms with E-state index in [4.69, 9.17) is 5.73 Å². The summed E-state index contributed by atoms with van der Waals surface area (Å²) in [6.07, 6.45) is 1.42. The van der Waals surface area contributed by atoms with Crippen LogP contribution in [0, 0.1) is 0 Å². The zero-order valence-electron chi connectivity index (χ0n) is 9.45. The fourth-order valence-electron chi connectivity index (χ4n) is 1.45. The van der Waals surface area contributed by atoms with E-state index in [0.717, 1.165) is 19.5 Å². The number of ether oxygens (including phenoxy) is 1. The maximum Gasteiger partial charge on any atom is 0.306 e. The van der Waals surface area contributed by atoms with Gasteiger partial charge >= 0.3 is 5.97 Å². The summed E-state index contributed by atoms with van der Waals surface area (Å²) < 4.78 is 4.59. The molecule has 2 N–H and O–H groups in total. The topological polar surface area (TPSA) is 55.6 Å². The first-order valence-corrected chi connectivity index (χ1v) is 5.16. The standard InChI is InChI=1S/C10H22N2O2/c1-4-12(9(2)5-7-11)8-6-10(13)14-3/h9H,4-8,11H2,1-3H3. The summed E-state index contributed by atoms with van der Waals surface area (Å²) in [5, 5.41) is 0. The van der Waals surface area contributed by atoms with E-state index in [1.165, 1.54) is 7.11 Å². The van der Waals surface area contributed by atoms with Crippen LogP contribution in [0.25, 0.3) is 0 Å². The molecule has 0 aromatic heterocycles. The van der Waals surface area contributed by atoms with Crippen LogP contribution in [0.1, 0.15) is 26.7 Å². The minimum atomic E-state index is -0.150. The van der Waals surface area contributed by atoms with Crippen LogP contribution in [0.2, 0.25) is 0 Å². The van der Waals surface area contributed by atoms with Crippen LogP contribution < -0.4 is 5.73 Å². The Labute approximate surface area is 86.4 Å². The molecule has 4 nitrogen and oxygen atoms in total. The quantitative estimate of drug-likeness (QED) is 0.614. The predicted molar refractivity (Wildman–Crippen MR) is 57.0 cm³/mol. The van der Waals surface area contributed by atoms with E-state index in [1.54, 1.807) is 0 Å². The Morgan fingerprint density at radius 2 is 2.21 bits per heavy atom. The number of carbonyl (C=O) groups excluding carboxylic acids is 1. The fraction of sp³-hybridized carbons (Fsp3) is 0.900. The van der Waals surface area contributed by atoms with Crippen molar-refractivity contribution in [2.24, 2.45) is 5.73 Å². The van der Waals surface area contributed by atoms with Gasteiger partial charge in [0.05, 0.1) is 13.5 Å². The predicted octanol–water partition coefficient (Wildman–Crippen LogP) is 0.609. The van der Waals surface area contributed by atoms with Crippen molar-refractivity contribution in [3.8, 4) is 0 Å². The second kappa shape index (κ2) is 7.76. The first-order chi connectivity index (χ1) is 6.65. The van der Waals surface area contributed by atoms with Crippen LogP contribution in [0.5, 0.6) is 0 Å². The molecule has 0 radical (unpaired) electrons. The van der Waals surface area contributed by atoms with Crippen molar-refractivity contribution in [2.75, 3.05) is 26.7 Å². The summed E-state index contributed by atoms with van der Waals surface area (Å²) in [4.78, 5) is 13.2. The molecule has 4 heteroatoms. The molecule has 0 aliphatic heterocycles. The highest BCUT2D eigenvalue weighted by atomic mass is 16.5. The van der Waals surface area contributed by atoms with Crippen LogP contribution in [0.15, 0.2) is 0 Å². The Bertz CT molecular complexity index is 162. The summed E-state index contributed by atoms with van der Waals surface area (Å²) >= 11 is 0. The van der Waals surface area contributed by atoms with Crippen LogP contribution >= 0.6 is 0 Å². The highest BCUT2D eigenvalue weighted by Crippen LogP contribution is 2.03. The van der Waals surface area contributed by atoms with Gasteiger partial charge in [-0.15, -0.1) is 0 Å². The van der Waals surface area contributed by atoms with Gasteiger partial charge in [0.15, 0.2) is 0 Å². The molecule has 0 heterocycles. The summed E-state index contributed by atoms with van der Waals surface area (Å²) in [6.45, 7) is 6.61.